The summed E-state index contributed by atoms with van der Waals surface area (Å²) in [5.74, 6) is 0.251. The quantitative estimate of drug-likeness (QED) is 0.730. The molecule has 0 saturated carbocycles. The van der Waals surface area contributed by atoms with Crippen LogP contribution in [0.25, 0.3) is 6.08 Å². The first-order valence-electron chi connectivity index (χ1n) is 10.2. The van der Waals surface area contributed by atoms with E-state index in [1.54, 1.807) is 13.0 Å². The number of nitrogens with one attached hydrogen (secondary N) is 2. The molecule has 1 aliphatic rings. The van der Waals surface area contributed by atoms with Crippen LogP contribution in [0.5, 0.6) is 0 Å². The number of carbonyl (C=O) groups excluding carboxylic acids is 2. The molecule has 29 heavy (non-hydrogen) atoms. The van der Waals surface area contributed by atoms with Gasteiger partial charge >= 0.3 is 0 Å². The van der Waals surface area contributed by atoms with Crippen LogP contribution in [-0.2, 0) is 9.59 Å². The molecule has 0 spiro atoms. The van der Waals surface area contributed by atoms with Crippen molar-refractivity contribution in [2.24, 2.45) is 5.92 Å². The van der Waals surface area contributed by atoms with Gasteiger partial charge in [-0.1, -0.05) is 37.3 Å². The van der Waals surface area contributed by atoms with Crippen molar-refractivity contribution < 1.29 is 9.59 Å². The molecule has 1 saturated heterocycles. The van der Waals surface area contributed by atoms with Gasteiger partial charge in [0, 0.05) is 30.5 Å². The predicted octanol–water partition coefficient (Wildman–Crippen LogP) is 4.08. The van der Waals surface area contributed by atoms with E-state index in [4.69, 9.17) is 0 Å². The molecule has 2 amide bonds. The van der Waals surface area contributed by atoms with Crippen molar-refractivity contribution in [1.29, 1.82) is 0 Å². The van der Waals surface area contributed by atoms with Gasteiger partial charge in [-0.3, -0.25) is 9.59 Å². The smallest absolute Gasteiger partial charge is 0.246 e. The highest BCUT2D eigenvalue weighted by Gasteiger charge is 2.17. The molecule has 3 rings (SSSR count). The Labute approximate surface area is 172 Å². The number of hydrogen-bond donors (Lipinski definition) is 2. The Kier molecular flexibility index (Phi) is 7.06. The van der Waals surface area contributed by atoms with Crippen LogP contribution in [0.1, 0.15) is 32.3 Å². The second kappa shape index (κ2) is 9.92. The zero-order chi connectivity index (χ0) is 20.6. The molecule has 1 heterocycles. The summed E-state index contributed by atoms with van der Waals surface area (Å²) in [5, 5.41) is 5.55. The lowest BCUT2D eigenvalue weighted by molar-refractivity contribution is -0.123. The first-order valence-corrected chi connectivity index (χ1v) is 10.2. The Morgan fingerprint density at radius 3 is 2.34 bits per heavy atom. The Morgan fingerprint density at radius 2 is 1.69 bits per heavy atom. The fourth-order valence-electron chi connectivity index (χ4n) is 3.34. The van der Waals surface area contributed by atoms with Gasteiger partial charge in [0.05, 0.1) is 0 Å². The molecule has 1 aliphatic heterocycles. The molecule has 0 aromatic heterocycles. The van der Waals surface area contributed by atoms with Crippen LogP contribution in [0.4, 0.5) is 11.4 Å². The Bertz CT molecular complexity index is 838. The predicted molar refractivity (Wildman–Crippen MR) is 119 cm³/mol. The van der Waals surface area contributed by atoms with Crippen molar-refractivity contribution in [3.05, 3.63) is 66.2 Å². The highest BCUT2D eigenvalue weighted by Crippen LogP contribution is 2.24. The minimum Gasteiger partial charge on any atom is -0.372 e. The van der Waals surface area contributed by atoms with Gasteiger partial charge in [0.2, 0.25) is 11.8 Å². The maximum absolute atomic E-state index is 12.4. The zero-order valence-corrected chi connectivity index (χ0v) is 17.1. The lowest BCUT2D eigenvalue weighted by atomic mass is 9.99. The van der Waals surface area contributed by atoms with E-state index >= 15 is 0 Å². The van der Waals surface area contributed by atoms with Gasteiger partial charge < -0.3 is 15.5 Å². The molecule has 5 heteroatoms. The monoisotopic (exact) mass is 391 g/mol. The number of benzene rings is 2. The molecule has 2 aromatic carbocycles. The molecule has 2 N–H and O–H groups in total. The summed E-state index contributed by atoms with van der Waals surface area (Å²) in [6, 6.07) is 16.8. The third-order valence-electron chi connectivity index (χ3n) is 5.26. The molecule has 2 aromatic rings. The standard InChI is InChI=1S/C24H29N3O2/c1-18-14-16-27(17-15-18)22-11-9-21(10-12-22)26-24(29)19(2)25-23(28)13-8-20-6-4-3-5-7-20/h3-13,18-19H,14-17H2,1-2H3,(H,25,28)(H,26,29)/b13-8+/t19-/m0/s1. The third kappa shape index (κ3) is 6.21. The summed E-state index contributed by atoms with van der Waals surface area (Å²) < 4.78 is 0. The van der Waals surface area contributed by atoms with Crippen molar-refractivity contribution >= 4 is 29.3 Å². The molecule has 0 bridgehead atoms. The molecule has 5 nitrogen and oxygen atoms in total. The second-order valence-electron chi connectivity index (χ2n) is 7.68. The molecule has 0 unspecified atom stereocenters. The molecule has 1 atom stereocenters. The van der Waals surface area contributed by atoms with E-state index in [0.29, 0.717) is 0 Å². The normalized spacial score (nSPS) is 15.9. The van der Waals surface area contributed by atoms with Crippen molar-refractivity contribution in [3.8, 4) is 0 Å². The second-order valence-corrected chi connectivity index (χ2v) is 7.68. The van der Waals surface area contributed by atoms with E-state index < -0.39 is 6.04 Å². The highest BCUT2D eigenvalue weighted by molar-refractivity contribution is 5.99. The van der Waals surface area contributed by atoms with Crippen LogP contribution in [0.15, 0.2) is 60.7 Å². The van der Waals surface area contributed by atoms with Crippen LogP contribution in [-0.4, -0.2) is 30.9 Å². The minimum atomic E-state index is -0.633. The molecule has 1 fully saturated rings. The number of piperidine rings is 1. The third-order valence-corrected chi connectivity index (χ3v) is 5.26. The molecular formula is C24H29N3O2. The van der Waals surface area contributed by atoms with Gasteiger partial charge in [-0.15, -0.1) is 0 Å². The van der Waals surface area contributed by atoms with Crippen molar-refractivity contribution in [2.75, 3.05) is 23.3 Å². The molecule has 0 radical (unpaired) electrons. The summed E-state index contributed by atoms with van der Waals surface area (Å²) in [5.41, 5.74) is 2.84. The number of amides is 2. The van der Waals surface area contributed by atoms with Crippen molar-refractivity contribution in [1.82, 2.24) is 5.32 Å². The topological polar surface area (TPSA) is 61.4 Å². The highest BCUT2D eigenvalue weighted by atomic mass is 16.2. The van der Waals surface area contributed by atoms with Crippen LogP contribution in [0.2, 0.25) is 0 Å². The average Bonchev–Trinajstić information content (AvgIpc) is 2.74. The maximum Gasteiger partial charge on any atom is 0.246 e. The first-order chi connectivity index (χ1) is 14.0. The van der Waals surface area contributed by atoms with E-state index in [-0.39, 0.29) is 11.8 Å². The van der Waals surface area contributed by atoms with Crippen LogP contribution in [0, 0.1) is 5.92 Å². The zero-order valence-electron chi connectivity index (χ0n) is 17.1. The van der Waals surface area contributed by atoms with E-state index in [2.05, 4.69) is 22.5 Å². The average molecular weight is 392 g/mol. The van der Waals surface area contributed by atoms with Gasteiger partial charge in [0.1, 0.15) is 6.04 Å². The minimum absolute atomic E-state index is 0.244. The number of rotatable bonds is 6. The number of nitrogens with zero attached hydrogens (tertiary/aromatic N) is 1. The van der Waals surface area contributed by atoms with E-state index in [1.165, 1.54) is 24.6 Å². The van der Waals surface area contributed by atoms with Crippen LogP contribution in [0.3, 0.4) is 0 Å². The van der Waals surface area contributed by atoms with Gasteiger partial charge in [-0.2, -0.15) is 0 Å². The Morgan fingerprint density at radius 1 is 1.03 bits per heavy atom. The molecular weight excluding hydrogens is 362 g/mol. The summed E-state index contributed by atoms with van der Waals surface area (Å²) in [6.07, 6.45) is 5.59. The summed E-state index contributed by atoms with van der Waals surface area (Å²) >= 11 is 0. The first kappa shape index (κ1) is 20.6. The molecule has 152 valence electrons. The fourth-order valence-corrected chi connectivity index (χ4v) is 3.34. The maximum atomic E-state index is 12.4. The van der Waals surface area contributed by atoms with Gasteiger partial charge in [-0.25, -0.2) is 0 Å². The van der Waals surface area contributed by atoms with E-state index in [9.17, 15) is 9.59 Å². The van der Waals surface area contributed by atoms with E-state index in [1.807, 2.05) is 54.6 Å². The summed E-state index contributed by atoms with van der Waals surface area (Å²) in [4.78, 5) is 26.8. The van der Waals surface area contributed by atoms with Crippen molar-refractivity contribution in [3.63, 3.8) is 0 Å². The molecule has 0 aliphatic carbocycles. The van der Waals surface area contributed by atoms with E-state index in [0.717, 1.165) is 30.3 Å². The lowest BCUT2D eigenvalue weighted by Crippen LogP contribution is -2.40. The van der Waals surface area contributed by atoms with Crippen molar-refractivity contribution in [2.45, 2.75) is 32.7 Å². The number of hydrogen-bond acceptors (Lipinski definition) is 3. The van der Waals surface area contributed by atoms with Gasteiger partial charge in [0.25, 0.3) is 0 Å². The fraction of sp³-hybridized carbons (Fsp3) is 0.333. The Hall–Kier alpha value is -3.08. The van der Waals surface area contributed by atoms with Crippen LogP contribution < -0.4 is 15.5 Å². The Balaban J connectivity index is 1.49. The number of anilines is 2. The summed E-state index contributed by atoms with van der Waals surface area (Å²) in [6.45, 7) is 6.12. The SMILES string of the molecule is CC1CCN(c2ccc(NC(=O)[C@H](C)NC(=O)/C=C/c3ccccc3)cc2)CC1. The largest absolute Gasteiger partial charge is 0.372 e. The summed E-state index contributed by atoms with van der Waals surface area (Å²) in [7, 11) is 0. The van der Waals surface area contributed by atoms with Gasteiger partial charge in [-0.05, 0) is 61.6 Å². The van der Waals surface area contributed by atoms with Crippen LogP contribution >= 0.6 is 0 Å². The van der Waals surface area contributed by atoms with Gasteiger partial charge in [0.15, 0.2) is 0 Å². The number of carbonyl (C=O) groups is 2. The lowest BCUT2D eigenvalue weighted by Gasteiger charge is -2.32.